The second kappa shape index (κ2) is 32.9. The molecule has 0 aliphatic rings. The van der Waals surface area contributed by atoms with Gasteiger partial charge in [-0.25, -0.2) is 0 Å². The van der Waals surface area contributed by atoms with Crippen molar-refractivity contribution in [1.29, 1.82) is 0 Å². The van der Waals surface area contributed by atoms with E-state index in [1.165, 1.54) is 0 Å². The molecule has 69 radical (unpaired) electrons. The van der Waals surface area contributed by atoms with Crippen LogP contribution >= 0.6 is 0 Å². The van der Waals surface area contributed by atoms with Gasteiger partial charge in [-0.2, -0.15) is 0 Å². The Morgan fingerprint density at radius 1 is 0.134 bits per heavy atom. The van der Waals surface area contributed by atoms with Crippen molar-refractivity contribution < 1.29 is 0 Å². The zero-order valence-electron chi connectivity index (χ0n) is 38.7. The summed E-state index contributed by atoms with van der Waals surface area (Å²) in [6.07, 6.45) is -48.0. The molecule has 0 unspecified atom stereocenters. The highest BCUT2D eigenvalue weighted by molar-refractivity contribution is 8.39. The Labute approximate surface area is 470 Å². The summed E-state index contributed by atoms with van der Waals surface area (Å²) in [6, 6.07) is 0. The summed E-state index contributed by atoms with van der Waals surface area (Å²) in [4.78, 5) is 0. The predicted molar refractivity (Wildman–Crippen MR) is 386 cm³/mol. The SMILES string of the molecule is [B][B]B([B])B(B(B([B])[B])B([B])[B])B(B(B([B])[B])B([B])[B])B(B(B(B([B])[B])B([B])[B])B(B([B])[B])B([B])[B])B(B(B(B([B])[B])B([B])[B])B(B([B])[B])B([B])[B])B(B(B([B])[B])B([B])[B])B(B([B])[B])B([B])[B]. The maximum atomic E-state index is 7.06. The van der Waals surface area contributed by atoms with Gasteiger partial charge < -0.3 is 0 Å². The highest BCUT2D eigenvalue weighted by atomic mass is 13.4. The van der Waals surface area contributed by atoms with Gasteiger partial charge in [-0.3, -0.25) is 0 Å². The molecule has 0 heterocycles. The molecule has 0 aromatic heterocycles. The lowest BCUT2D eigenvalue weighted by atomic mass is 8.22. The fourth-order valence-electron chi connectivity index (χ4n) is 11.7. The average Bonchev–Trinajstić information content (AvgIpc) is 3.11. The van der Waals surface area contributed by atoms with Crippen LogP contribution in [0.25, 0.3) is 0 Å². The molecule has 0 N–H and O–H groups in total. The van der Waals surface area contributed by atoms with Gasteiger partial charge in [-0.05, 0) is 0 Å². The molecule has 0 amide bonds. The molecule has 0 bridgehead atoms. The van der Waals surface area contributed by atoms with Gasteiger partial charge in [0.2, 0.25) is 0 Å². The molecule has 0 atom stereocenters. The molecule has 0 aromatic rings. The van der Waals surface area contributed by atoms with E-state index >= 15 is 0 Å². The maximum absolute atomic E-state index is 7.06. The summed E-state index contributed by atoms with van der Waals surface area (Å²) in [5, 5.41) is 0. The highest BCUT2D eigenvalue weighted by Crippen LogP contribution is 2.25. The molecule has 0 aromatic carbocycles. The van der Waals surface area contributed by atoms with Gasteiger partial charge in [0.1, 0.15) is 0 Å². The van der Waals surface area contributed by atoms with Gasteiger partial charge in [0.05, 0.1) is 0 Å². The second-order valence-electron chi connectivity index (χ2n) is 18.7. The quantitative estimate of drug-likeness (QED) is 0.0606. The molecule has 0 rings (SSSR count). The van der Waals surface area contributed by atoms with Crippen molar-refractivity contribution >= 4 is 474 Å². The first-order chi connectivity index (χ1) is 30.5. The van der Waals surface area contributed by atoms with Crippen molar-refractivity contribution in [2.75, 3.05) is 0 Å². The van der Waals surface area contributed by atoms with E-state index in [1.54, 1.807) is 0 Å². The fraction of sp³-hybridized carbons (Fsp3) is 0. The Morgan fingerprint density at radius 2 is 0.224 bits per heavy atom. The van der Waals surface area contributed by atoms with Crippen molar-refractivity contribution in [3.05, 3.63) is 0 Å². The zero-order chi connectivity index (χ0) is 53.2. The number of rotatable bonds is 32. The summed E-state index contributed by atoms with van der Waals surface area (Å²) in [6.45, 7) is 0. The number of hydrogen-bond acceptors (Lipinski definition) is 0. The van der Waals surface area contributed by atoms with Crippen LogP contribution in [0, 0.1) is 0 Å². The van der Waals surface area contributed by atoms with E-state index in [1.807, 2.05) is 0 Å². The standard InChI is InChI=1S/B67/c1-35-52(34)61(53(36(2)3)37(4)5)65(60(50(30)31)51(32)33)67(64(58(46(22)23)47(24)25)59(48(26)27)49(28)29)66(62(54(38(6)7)39(8)9)55(40(10)11)41(12)13)63(56(42(14)15)43(16)17)57(44(18)19)45(20)21. The molecule has 67 heavy (non-hydrogen) atoms. The summed E-state index contributed by atoms with van der Waals surface area (Å²) < 4.78 is 0. The van der Waals surface area contributed by atoms with Crippen LogP contribution in [0.3, 0.4) is 0 Å². The van der Waals surface area contributed by atoms with Gasteiger partial charge in [-0.15, -0.1) is 0 Å². The molecule has 0 spiro atoms. The van der Waals surface area contributed by atoms with Crippen molar-refractivity contribution in [3.8, 4) is 0 Å². The molecule has 0 aliphatic carbocycles. The third-order valence-electron chi connectivity index (χ3n) is 14.0. The summed E-state index contributed by atoms with van der Waals surface area (Å²) >= 11 is 0. The van der Waals surface area contributed by atoms with E-state index in [0.717, 1.165) is 7.06 Å². The minimum absolute atomic E-state index is 1.08. The molecule has 201 valence electrons. The van der Waals surface area contributed by atoms with Crippen LogP contribution in [-0.4, -0.2) is 474 Å². The Hall–Kier alpha value is 4.35. The van der Waals surface area contributed by atoms with Crippen LogP contribution in [0.5, 0.6) is 0 Å². The maximum Gasteiger partial charge on any atom is 0 e. The first kappa shape index (κ1) is 71.4. The average molecular weight is 724 g/mol. The topological polar surface area (TPSA) is 0 Å². The van der Waals surface area contributed by atoms with E-state index in [9.17, 15) is 0 Å². The van der Waals surface area contributed by atoms with Crippen LogP contribution in [0.15, 0.2) is 0 Å². The largest absolute Gasteiger partial charge is 0 e. The molecular formula is B67. The first-order valence-electron chi connectivity index (χ1n) is 22.0. The van der Waals surface area contributed by atoms with Crippen LogP contribution in [0.2, 0.25) is 0 Å². The number of hydrogen-bond donors (Lipinski definition) is 0. The second-order valence-corrected chi connectivity index (χ2v) is 18.7. The van der Waals surface area contributed by atoms with Crippen molar-refractivity contribution in [3.63, 3.8) is 0 Å². The minimum atomic E-state index is -1.64. The van der Waals surface area contributed by atoms with Gasteiger partial charge >= 0.3 is 0 Å². The predicted octanol–water partition coefficient (Wildman–Crippen LogP) is -25.5. The van der Waals surface area contributed by atoms with Crippen LogP contribution < -0.4 is 0 Å². The molecule has 0 fully saturated rings. The van der Waals surface area contributed by atoms with E-state index < -0.39 is 204 Å². The zero-order valence-corrected chi connectivity index (χ0v) is 38.7. The Bertz CT molecular complexity index is 1080. The fourth-order valence-corrected chi connectivity index (χ4v) is 11.7. The lowest BCUT2D eigenvalue weighted by molar-refractivity contribution is 3.16. The summed E-state index contributed by atoms with van der Waals surface area (Å²) in [7, 11) is 229. The van der Waals surface area contributed by atoms with Gasteiger partial charge in [0.25, 0.3) is 0 Å². The molecule has 0 aliphatic heterocycles. The highest BCUT2D eigenvalue weighted by Gasteiger charge is 2.63. The molecular weight excluding hydrogens is 724 g/mol. The van der Waals surface area contributed by atoms with Gasteiger partial charge in [-0.1, -0.05) is 0 Å². The van der Waals surface area contributed by atoms with E-state index in [4.69, 9.17) is 263 Å². The van der Waals surface area contributed by atoms with Crippen LogP contribution in [0.4, 0.5) is 0 Å². The van der Waals surface area contributed by atoms with Crippen LogP contribution in [-0.2, 0) is 0 Å². The molecule has 67 heteroatoms. The van der Waals surface area contributed by atoms with Crippen molar-refractivity contribution in [2.24, 2.45) is 0 Å². The monoisotopic (exact) mass is 738 g/mol. The van der Waals surface area contributed by atoms with Crippen LogP contribution in [0.1, 0.15) is 0 Å². The van der Waals surface area contributed by atoms with Crippen molar-refractivity contribution in [2.45, 2.75) is 0 Å². The first-order valence-corrected chi connectivity index (χ1v) is 22.0. The van der Waals surface area contributed by atoms with E-state index in [-0.39, 0.29) is 0 Å². The Kier molecular flexibility index (Phi) is 35.1. The van der Waals surface area contributed by atoms with Crippen molar-refractivity contribution in [1.82, 2.24) is 0 Å². The Morgan fingerprint density at radius 3 is 0.328 bits per heavy atom. The van der Waals surface area contributed by atoms with Gasteiger partial charge in [0, 0.05) is 474 Å². The summed E-state index contributed by atoms with van der Waals surface area (Å²) in [5.74, 6) is 0. The van der Waals surface area contributed by atoms with E-state index in [2.05, 4.69) is 0 Å². The molecule has 0 nitrogen and oxygen atoms in total. The lowest BCUT2D eigenvalue weighted by Crippen LogP contribution is -2.98. The normalized spacial score (nSPS) is 9.73. The van der Waals surface area contributed by atoms with E-state index in [0.29, 0.717) is 0 Å². The third kappa shape index (κ3) is 19.3. The smallest absolute Gasteiger partial charge is 0 e. The third-order valence-corrected chi connectivity index (χ3v) is 14.0. The molecule has 0 saturated heterocycles. The lowest BCUT2D eigenvalue weighted by Gasteiger charge is -2.60. The minimum Gasteiger partial charge on any atom is 0 e. The summed E-state index contributed by atoms with van der Waals surface area (Å²) in [5.41, 5.74) is 0. The molecule has 0 saturated carbocycles. The van der Waals surface area contributed by atoms with Gasteiger partial charge in [0.15, 0.2) is 0 Å². The Balaban J connectivity index is 11.4.